The molecule has 1 aromatic heterocycles. The van der Waals surface area contributed by atoms with Gasteiger partial charge in [0.15, 0.2) is 5.82 Å². The van der Waals surface area contributed by atoms with Crippen LogP contribution < -0.4 is 19.9 Å². The molecule has 0 aliphatic heterocycles. The Morgan fingerprint density at radius 3 is 2.42 bits per heavy atom. The second-order valence-electron chi connectivity index (χ2n) is 7.24. The number of ether oxygens (including phenoxy) is 2. The third kappa shape index (κ3) is 4.49. The quantitative estimate of drug-likeness (QED) is 0.542. The summed E-state index contributed by atoms with van der Waals surface area (Å²) >= 11 is 0. The summed E-state index contributed by atoms with van der Waals surface area (Å²) in [7, 11) is -0.669. The molecule has 0 radical (unpaired) electrons. The third-order valence-corrected chi connectivity index (χ3v) is 6.56. The van der Waals surface area contributed by atoms with Gasteiger partial charge in [-0.05, 0) is 49.2 Å². The summed E-state index contributed by atoms with van der Waals surface area (Å²) < 4.78 is 40.9. The van der Waals surface area contributed by atoms with Gasteiger partial charge in [0, 0.05) is 24.2 Å². The van der Waals surface area contributed by atoms with Gasteiger partial charge in [-0.1, -0.05) is 6.07 Å². The van der Waals surface area contributed by atoms with E-state index in [0.29, 0.717) is 11.6 Å². The maximum Gasteiger partial charge on any atom is 0.346 e. The van der Waals surface area contributed by atoms with E-state index in [4.69, 9.17) is 9.47 Å². The van der Waals surface area contributed by atoms with Crippen molar-refractivity contribution in [1.82, 2.24) is 19.1 Å². The summed E-state index contributed by atoms with van der Waals surface area (Å²) in [6.07, 6.45) is 1.86. The van der Waals surface area contributed by atoms with Gasteiger partial charge in [0.2, 0.25) is 10.0 Å². The molecule has 1 N–H and O–H groups in total. The van der Waals surface area contributed by atoms with Crippen LogP contribution in [0, 0.1) is 0 Å². The van der Waals surface area contributed by atoms with Gasteiger partial charge in [-0.15, -0.1) is 5.10 Å². The van der Waals surface area contributed by atoms with Gasteiger partial charge in [-0.25, -0.2) is 22.6 Å². The average molecular weight is 445 g/mol. The number of methoxy groups -OCH3 is 2. The Morgan fingerprint density at radius 2 is 1.77 bits per heavy atom. The molecule has 0 saturated heterocycles. The molecule has 10 heteroatoms. The van der Waals surface area contributed by atoms with E-state index < -0.39 is 10.0 Å². The van der Waals surface area contributed by atoms with Crippen molar-refractivity contribution in [1.29, 1.82) is 0 Å². The first kappa shape index (κ1) is 21.1. The van der Waals surface area contributed by atoms with Gasteiger partial charge in [0.05, 0.1) is 25.7 Å². The van der Waals surface area contributed by atoms with Crippen LogP contribution in [0.15, 0.2) is 58.2 Å². The standard InChI is InChI=1S/C21H24N4O5S/c1-29-17-10-6-15(7-11-17)20-23-24(21(26)25(20)16-8-9-16)13-12-22-31(27,28)19-5-3-4-18(14-19)30-2/h3-7,10-11,14,16,22H,8-9,12-13H2,1-2H3. The zero-order valence-corrected chi connectivity index (χ0v) is 18.1. The highest BCUT2D eigenvalue weighted by Crippen LogP contribution is 2.36. The largest absolute Gasteiger partial charge is 0.497 e. The summed E-state index contributed by atoms with van der Waals surface area (Å²) in [5, 5.41) is 4.49. The lowest BCUT2D eigenvalue weighted by atomic mass is 10.2. The van der Waals surface area contributed by atoms with Crippen LogP contribution in [0.3, 0.4) is 0 Å². The van der Waals surface area contributed by atoms with Crippen LogP contribution in [-0.4, -0.2) is 43.5 Å². The number of sulfonamides is 1. The second-order valence-corrected chi connectivity index (χ2v) is 9.00. The van der Waals surface area contributed by atoms with Crippen molar-refractivity contribution in [3.8, 4) is 22.9 Å². The van der Waals surface area contributed by atoms with Crippen LogP contribution in [0.2, 0.25) is 0 Å². The Morgan fingerprint density at radius 1 is 1.06 bits per heavy atom. The third-order valence-electron chi connectivity index (χ3n) is 5.10. The molecule has 31 heavy (non-hydrogen) atoms. The molecule has 0 amide bonds. The number of hydrogen-bond acceptors (Lipinski definition) is 6. The average Bonchev–Trinajstić information content (AvgIpc) is 3.57. The number of benzene rings is 2. The molecule has 1 aliphatic rings. The molecule has 164 valence electrons. The van der Waals surface area contributed by atoms with E-state index in [9.17, 15) is 13.2 Å². The van der Waals surface area contributed by atoms with E-state index in [1.165, 1.54) is 23.9 Å². The van der Waals surface area contributed by atoms with Crippen LogP contribution in [0.4, 0.5) is 0 Å². The fourth-order valence-corrected chi connectivity index (χ4v) is 4.36. The van der Waals surface area contributed by atoms with E-state index >= 15 is 0 Å². The van der Waals surface area contributed by atoms with Gasteiger partial charge in [-0.2, -0.15) is 0 Å². The Labute approximate surface area is 180 Å². The molecule has 1 fully saturated rings. The van der Waals surface area contributed by atoms with Gasteiger partial charge >= 0.3 is 5.69 Å². The molecule has 1 saturated carbocycles. The normalized spacial score (nSPS) is 13.9. The number of nitrogens with one attached hydrogen (secondary N) is 1. The highest BCUT2D eigenvalue weighted by molar-refractivity contribution is 7.89. The Balaban J connectivity index is 1.53. The van der Waals surface area contributed by atoms with Crippen molar-refractivity contribution < 1.29 is 17.9 Å². The lowest BCUT2D eigenvalue weighted by Crippen LogP contribution is -2.32. The minimum atomic E-state index is -3.74. The summed E-state index contributed by atoms with van der Waals surface area (Å²) in [5.41, 5.74) is 0.564. The van der Waals surface area contributed by atoms with Crippen LogP contribution >= 0.6 is 0 Å². The highest BCUT2D eigenvalue weighted by Gasteiger charge is 2.30. The fraction of sp³-hybridized carbons (Fsp3) is 0.333. The Hall–Kier alpha value is -3.11. The molecule has 0 bridgehead atoms. The van der Waals surface area contributed by atoms with Crippen molar-refractivity contribution in [2.24, 2.45) is 0 Å². The molecular weight excluding hydrogens is 420 g/mol. The van der Waals surface area contributed by atoms with Crippen molar-refractivity contribution in [3.63, 3.8) is 0 Å². The van der Waals surface area contributed by atoms with E-state index in [-0.39, 0.29) is 29.7 Å². The minimum absolute atomic E-state index is 0.0309. The molecule has 1 aliphatic carbocycles. The Bertz CT molecular complexity index is 1230. The molecule has 0 unspecified atom stereocenters. The lowest BCUT2D eigenvalue weighted by molar-refractivity contribution is 0.413. The molecule has 0 atom stereocenters. The first-order valence-electron chi connectivity index (χ1n) is 9.90. The minimum Gasteiger partial charge on any atom is -0.497 e. The SMILES string of the molecule is COc1ccc(-c2nn(CCNS(=O)(=O)c3cccc(OC)c3)c(=O)n2C2CC2)cc1. The van der Waals surface area contributed by atoms with Gasteiger partial charge < -0.3 is 9.47 Å². The van der Waals surface area contributed by atoms with E-state index in [2.05, 4.69) is 9.82 Å². The van der Waals surface area contributed by atoms with Gasteiger partial charge in [-0.3, -0.25) is 4.57 Å². The Kier molecular flexibility index (Phi) is 5.84. The van der Waals surface area contributed by atoms with Crippen LogP contribution in [0.25, 0.3) is 11.4 Å². The molecule has 1 heterocycles. The maximum absolute atomic E-state index is 12.9. The molecule has 4 rings (SSSR count). The van der Waals surface area contributed by atoms with E-state index in [1.54, 1.807) is 23.8 Å². The summed E-state index contributed by atoms with van der Waals surface area (Å²) in [5.74, 6) is 1.74. The number of rotatable bonds is 9. The molecule has 2 aromatic carbocycles. The summed E-state index contributed by atoms with van der Waals surface area (Å²) in [4.78, 5) is 13.0. The van der Waals surface area contributed by atoms with E-state index in [1.807, 2.05) is 24.3 Å². The fourth-order valence-electron chi connectivity index (χ4n) is 3.30. The lowest BCUT2D eigenvalue weighted by Gasteiger charge is -2.08. The zero-order valence-electron chi connectivity index (χ0n) is 17.3. The molecule has 0 spiro atoms. The summed E-state index contributed by atoms with van der Waals surface area (Å²) in [6, 6.07) is 13.7. The smallest absolute Gasteiger partial charge is 0.346 e. The predicted molar refractivity (Wildman–Crippen MR) is 115 cm³/mol. The van der Waals surface area contributed by atoms with Crippen LogP contribution in [0.5, 0.6) is 11.5 Å². The van der Waals surface area contributed by atoms with Gasteiger partial charge in [0.25, 0.3) is 0 Å². The highest BCUT2D eigenvalue weighted by atomic mass is 32.2. The number of hydrogen-bond donors (Lipinski definition) is 1. The van der Waals surface area contributed by atoms with Crippen molar-refractivity contribution in [2.45, 2.75) is 30.3 Å². The second kappa shape index (κ2) is 8.56. The number of nitrogens with zero attached hydrogens (tertiary/aromatic N) is 3. The van der Waals surface area contributed by atoms with Crippen molar-refractivity contribution in [3.05, 3.63) is 59.0 Å². The monoisotopic (exact) mass is 444 g/mol. The van der Waals surface area contributed by atoms with E-state index in [0.717, 1.165) is 24.2 Å². The zero-order chi connectivity index (χ0) is 22.0. The molecular formula is C21H24N4O5S. The first-order chi connectivity index (χ1) is 14.9. The topological polar surface area (TPSA) is 104 Å². The molecule has 9 nitrogen and oxygen atoms in total. The number of aromatic nitrogens is 3. The van der Waals surface area contributed by atoms with Crippen LogP contribution in [-0.2, 0) is 16.6 Å². The summed E-state index contributed by atoms with van der Waals surface area (Å²) in [6.45, 7) is 0.147. The predicted octanol–water partition coefficient (Wildman–Crippen LogP) is 2.04. The van der Waals surface area contributed by atoms with Gasteiger partial charge in [0.1, 0.15) is 11.5 Å². The van der Waals surface area contributed by atoms with Crippen molar-refractivity contribution in [2.75, 3.05) is 20.8 Å². The maximum atomic E-state index is 12.9. The molecule has 3 aromatic rings. The van der Waals surface area contributed by atoms with Crippen LogP contribution in [0.1, 0.15) is 18.9 Å². The first-order valence-corrected chi connectivity index (χ1v) is 11.4. The van der Waals surface area contributed by atoms with Crippen molar-refractivity contribution >= 4 is 10.0 Å².